The maximum Gasteiger partial charge on any atom is 0.222 e. The molecule has 2 fully saturated rings. The second kappa shape index (κ2) is 7.80. The molecule has 1 aromatic carbocycles. The number of hydrogen-bond donors (Lipinski definition) is 1. The molecule has 0 spiro atoms. The molecule has 140 valence electrons. The fourth-order valence-corrected chi connectivity index (χ4v) is 4.26. The lowest BCUT2D eigenvalue weighted by atomic mass is 10.1. The summed E-state index contributed by atoms with van der Waals surface area (Å²) >= 11 is 0. The molecule has 0 aliphatic carbocycles. The van der Waals surface area contributed by atoms with E-state index in [0.29, 0.717) is 18.2 Å². The van der Waals surface area contributed by atoms with Gasteiger partial charge in [0.2, 0.25) is 5.91 Å². The average molecular weight is 355 g/mol. The minimum atomic E-state index is 0.302. The molecule has 5 nitrogen and oxygen atoms in total. The summed E-state index contributed by atoms with van der Waals surface area (Å²) in [6.07, 6.45) is 4.61. The predicted molar refractivity (Wildman–Crippen MR) is 103 cm³/mol. The molecule has 26 heavy (non-hydrogen) atoms. The summed E-state index contributed by atoms with van der Waals surface area (Å²) in [4.78, 5) is 20.5. The van der Waals surface area contributed by atoms with Crippen molar-refractivity contribution in [2.45, 2.75) is 26.2 Å². The molecule has 0 saturated carbocycles. The SMILES string of the molecule is Cc1ccc2[nH]cc(CCC(=O)N3CCC(CN4CCOCC4)C3)c2c1. The number of ether oxygens (including phenoxy) is 1. The van der Waals surface area contributed by atoms with E-state index in [0.717, 1.165) is 64.3 Å². The fraction of sp³-hybridized carbons (Fsp3) is 0.571. The predicted octanol–water partition coefficient (Wildman–Crippen LogP) is 2.59. The van der Waals surface area contributed by atoms with E-state index in [1.54, 1.807) is 0 Å². The third-order valence-corrected chi connectivity index (χ3v) is 5.79. The van der Waals surface area contributed by atoms with Gasteiger partial charge in [0.15, 0.2) is 0 Å². The average Bonchev–Trinajstić information content (AvgIpc) is 3.27. The van der Waals surface area contributed by atoms with Gasteiger partial charge in [0.1, 0.15) is 0 Å². The topological polar surface area (TPSA) is 48.6 Å². The normalized spacial score (nSPS) is 21.6. The summed E-state index contributed by atoms with van der Waals surface area (Å²) in [5.74, 6) is 0.921. The molecule has 5 heteroatoms. The monoisotopic (exact) mass is 355 g/mol. The van der Waals surface area contributed by atoms with Crippen molar-refractivity contribution in [3.63, 3.8) is 0 Å². The first-order chi connectivity index (χ1) is 12.7. The van der Waals surface area contributed by atoms with Crippen LogP contribution in [0.25, 0.3) is 10.9 Å². The Morgan fingerprint density at radius 1 is 1.27 bits per heavy atom. The van der Waals surface area contributed by atoms with Crippen molar-refractivity contribution in [1.82, 2.24) is 14.8 Å². The van der Waals surface area contributed by atoms with Crippen molar-refractivity contribution in [2.75, 3.05) is 45.9 Å². The number of carbonyl (C=O) groups excluding carboxylic acids is 1. The van der Waals surface area contributed by atoms with Crippen LogP contribution in [0.2, 0.25) is 0 Å². The Bertz CT molecular complexity index is 764. The van der Waals surface area contributed by atoms with Gasteiger partial charge in [-0.1, -0.05) is 11.6 Å². The first-order valence-electron chi connectivity index (χ1n) is 9.83. The third-order valence-electron chi connectivity index (χ3n) is 5.79. The summed E-state index contributed by atoms with van der Waals surface area (Å²) < 4.78 is 5.42. The zero-order valence-electron chi connectivity index (χ0n) is 15.7. The van der Waals surface area contributed by atoms with Gasteiger partial charge < -0.3 is 14.6 Å². The smallest absolute Gasteiger partial charge is 0.222 e. The van der Waals surface area contributed by atoms with Gasteiger partial charge >= 0.3 is 0 Å². The molecule has 1 amide bonds. The fourth-order valence-electron chi connectivity index (χ4n) is 4.26. The number of amides is 1. The van der Waals surface area contributed by atoms with Crippen LogP contribution in [0.1, 0.15) is 24.0 Å². The molecule has 2 aliphatic rings. The highest BCUT2D eigenvalue weighted by Crippen LogP contribution is 2.23. The standard InChI is InChI=1S/C21H29N3O2/c1-16-2-4-20-19(12-16)18(13-22-20)3-5-21(25)24-7-6-17(15-24)14-23-8-10-26-11-9-23/h2,4,12-13,17,22H,3,5-11,14-15H2,1H3. The lowest BCUT2D eigenvalue weighted by Crippen LogP contribution is -2.40. The van der Waals surface area contributed by atoms with E-state index in [4.69, 9.17) is 4.74 Å². The van der Waals surface area contributed by atoms with E-state index >= 15 is 0 Å². The number of benzene rings is 1. The number of aromatic amines is 1. The van der Waals surface area contributed by atoms with Crippen LogP contribution in [0.15, 0.2) is 24.4 Å². The number of nitrogens with zero attached hydrogens (tertiary/aromatic N) is 2. The Kier molecular flexibility index (Phi) is 5.27. The second-order valence-electron chi connectivity index (χ2n) is 7.77. The lowest BCUT2D eigenvalue weighted by molar-refractivity contribution is -0.130. The van der Waals surface area contributed by atoms with Gasteiger partial charge in [0.05, 0.1) is 13.2 Å². The number of aryl methyl sites for hydroxylation is 2. The van der Waals surface area contributed by atoms with E-state index in [1.165, 1.54) is 16.5 Å². The van der Waals surface area contributed by atoms with E-state index in [1.807, 2.05) is 0 Å². The van der Waals surface area contributed by atoms with Crippen LogP contribution in [-0.2, 0) is 16.0 Å². The molecule has 4 rings (SSSR count). The summed E-state index contributed by atoms with van der Waals surface area (Å²) in [5, 5.41) is 1.25. The Hall–Kier alpha value is -1.85. The molecule has 0 bridgehead atoms. The molecule has 1 N–H and O–H groups in total. The Labute approximate surface area is 155 Å². The van der Waals surface area contributed by atoms with E-state index in [9.17, 15) is 4.79 Å². The van der Waals surface area contributed by atoms with Crippen LogP contribution in [0, 0.1) is 12.8 Å². The van der Waals surface area contributed by atoms with Crippen molar-refractivity contribution >= 4 is 16.8 Å². The van der Waals surface area contributed by atoms with Crippen LogP contribution in [0.5, 0.6) is 0 Å². The highest BCUT2D eigenvalue weighted by molar-refractivity contribution is 5.85. The molecule has 1 aromatic heterocycles. The number of hydrogen-bond acceptors (Lipinski definition) is 3. The number of aromatic nitrogens is 1. The van der Waals surface area contributed by atoms with Gasteiger partial charge in [-0.05, 0) is 43.4 Å². The molecular formula is C21H29N3O2. The number of morpholine rings is 1. The van der Waals surface area contributed by atoms with Gasteiger partial charge in [0.25, 0.3) is 0 Å². The molecule has 2 aliphatic heterocycles. The minimum absolute atomic E-state index is 0.302. The number of likely N-dealkylation sites (tertiary alicyclic amines) is 1. The number of fused-ring (bicyclic) bond motifs is 1. The van der Waals surface area contributed by atoms with Crippen molar-refractivity contribution in [3.05, 3.63) is 35.5 Å². The van der Waals surface area contributed by atoms with Crippen LogP contribution in [0.4, 0.5) is 0 Å². The molecular weight excluding hydrogens is 326 g/mol. The number of H-pyrrole nitrogens is 1. The largest absolute Gasteiger partial charge is 0.379 e. The molecule has 0 radical (unpaired) electrons. The zero-order valence-corrected chi connectivity index (χ0v) is 15.7. The van der Waals surface area contributed by atoms with Gasteiger partial charge in [-0.25, -0.2) is 0 Å². The van der Waals surface area contributed by atoms with E-state index in [2.05, 4.69) is 46.1 Å². The van der Waals surface area contributed by atoms with E-state index < -0.39 is 0 Å². The van der Waals surface area contributed by atoms with Crippen LogP contribution >= 0.6 is 0 Å². The Morgan fingerprint density at radius 2 is 2.12 bits per heavy atom. The van der Waals surface area contributed by atoms with E-state index in [-0.39, 0.29) is 0 Å². The zero-order chi connectivity index (χ0) is 17.9. The highest BCUT2D eigenvalue weighted by atomic mass is 16.5. The summed E-state index contributed by atoms with van der Waals surface area (Å²) in [5.41, 5.74) is 3.67. The van der Waals surface area contributed by atoms with Crippen LogP contribution < -0.4 is 0 Å². The molecule has 1 unspecified atom stereocenters. The van der Waals surface area contributed by atoms with Crippen molar-refractivity contribution in [2.24, 2.45) is 5.92 Å². The summed E-state index contributed by atoms with van der Waals surface area (Å²) in [7, 11) is 0. The van der Waals surface area contributed by atoms with Crippen LogP contribution in [0.3, 0.4) is 0 Å². The van der Waals surface area contributed by atoms with Gasteiger partial charge in [-0.3, -0.25) is 9.69 Å². The van der Waals surface area contributed by atoms with Gasteiger partial charge in [-0.2, -0.15) is 0 Å². The molecule has 1 atom stereocenters. The Morgan fingerprint density at radius 3 is 2.96 bits per heavy atom. The number of carbonyl (C=O) groups is 1. The minimum Gasteiger partial charge on any atom is -0.379 e. The molecule has 2 aromatic rings. The van der Waals surface area contributed by atoms with Crippen molar-refractivity contribution in [3.8, 4) is 0 Å². The lowest BCUT2D eigenvalue weighted by Gasteiger charge is -2.29. The molecule has 2 saturated heterocycles. The second-order valence-corrected chi connectivity index (χ2v) is 7.77. The Balaban J connectivity index is 1.29. The summed E-state index contributed by atoms with van der Waals surface area (Å²) in [6, 6.07) is 6.44. The first kappa shape index (κ1) is 17.6. The number of nitrogens with one attached hydrogen (secondary N) is 1. The van der Waals surface area contributed by atoms with Crippen molar-refractivity contribution < 1.29 is 9.53 Å². The molecule has 3 heterocycles. The quantitative estimate of drug-likeness (QED) is 0.897. The van der Waals surface area contributed by atoms with Crippen LogP contribution in [-0.4, -0.2) is 66.6 Å². The summed E-state index contributed by atoms with van der Waals surface area (Å²) in [6.45, 7) is 8.81. The third kappa shape index (κ3) is 3.94. The van der Waals surface area contributed by atoms with Gasteiger partial charge in [-0.15, -0.1) is 0 Å². The maximum absolute atomic E-state index is 12.7. The maximum atomic E-state index is 12.7. The van der Waals surface area contributed by atoms with Gasteiger partial charge in [0, 0.05) is 56.2 Å². The first-order valence-corrected chi connectivity index (χ1v) is 9.83. The highest BCUT2D eigenvalue weighted by Gasteiger charge is 2.27. The van der Waals surface area contributed by atoms with Crippen molar-refractivity contribution in [1.29, 1.82) is 0 Å². The number of rotatable bonds is 5.